The van der Waals surface area contributed by atoms with Crippen molar-refractivity contribution in [1.82, 2.24) is 0 Å². The van der Waals surface area contributed by atoms with Gasteiger partial charge < -0.3 is 14.4 Å². The average Bonchev–Trinajstić information content (AvgIpc) is 3.14. The minimum absolute atomic E-state index is 0.314. The van der Waals surface area contributed by atoms with Gasteiger partial charge in [0.25, 0.3) is 0 Å². The number of hydrogen-bond donors (Lipinski definition) is 0. The van der Waals surface area contributed by atoms with E-state index in [-0.39, 0.29) is 0 Å². The molecule has 0 saturated heterocycles. The Morgan fingerprint density at radius 3 is 2.14 bits per heavy atom. The first-order valence-electron chi connectivity index (χ1n) is 8.19. The van der Waals surface area contributed by atoms with E-state index in [1.165, 1.54) is 32.6 Å². The second kappa shape index (κ2) is 7.78. The number of rotatable bonds is 1. The van der Waals surface area contributed by atoms with Crippen molar-refractivity contribution in [3.63, 3.8) is 0 Å². The number of nitrogens with zero attached hydrogens (tertiary/aromatic N) is 2. The molecule has 10 heteroatoms. The molecule has 0 amide bonds. The summed E-state index contributed by atoms with van der Waals surface area (Å²) >= 11 is 1.77. The van der Waals surface area contributed by atoms with Gasteiger partial charge in [-0.3, -0.25) is 0 Å². The predicted molar refractivity (Wildman–Crippen MR) is 91.9 cm³/mol. The fraction of sp³-hybridized carbons (Fsp3) is 0.278. The number of aromatic nitrogens is 1. The van der Waals surface area contributed by atoms with E-state index in [1.807, 2.05) is 0 Å². The maximum Gasteiger partial charge on any atom is 0.231 e. The van der Waals surface area contributed by atoms with Crippen LogP contribution in [0.3, 0.4) is 0 Å². The Morgan fingerprint density at radius 1 is 1.04 bits per heavy atom. The molecule has 2 aliphatic heterocycles. The molecule has 0 atom stereocenters. The van der Waals surface area contributed by atoms with E-state index >= 15 is 0 Å². The molecule has 8 nitrogen and oxygen atoms in total. The number of hydrogen-bond acceptors (Lipinski definition) is 8. The summed E-state index contributed by atoms with van der Waals surface area (Å²) in [7, 11) is -0.759. The van der Waals surface area contributed by atoms with Gasteiger partial charge in [0.2, 0.25) is 6.79 Å². The lowest BCUT2D eigenvalue weighted by atomic mass is 10.2. The molecule has 0 spiro atoms. The van der Waals surface area contributed by atoms with Crippen LogP contribution in [0.5, 0.6) is 11.5 Å². The van der Waals surface area contributed by atoms with Gasteiger partial charge in [0.15, 0.2) is 22.9 Å². The van der Waals surface area contributed by atoms with Crippen LogP contribution >= 0.6 is 11.8 Å². The SMILES string of the molecule is Cc1cc(C=C2Sc3cc4c(cc3N2C)OCO4)cc(C)[n+]1C.[O-][Cl+3]([O-])([O-])[O-]. The molecule has 1 aromatic heterocycles. The first kappa shape index (κ1) is 20.7. The van der Waals surface area contributed by atoms with Crippen molar-refractivity contribution < 1.29 is 42.9 Å². The van der Waals surface area contributed by atoms with Gasteiger partial charge in [-0.25, -0.2) is 23.2 Å². The monoisotopic (exact) mass is 426 g/mol. The molecule has 0 N–H and O–H groups in total. The molecular formula is C18H19ClN2O6S. The first-order chi connectivity index (χ1) is 13.0. The van der Waals surface area contributed by atoms with Crippen molar-refractivity contribution in [2.45, 2.75) is 18.7 Å². The first-order valence-corrected chi connectivity index (χ1v) is 10.2. The number of halogens is 1. The molecule has 0 bridgehead atoms. The third-order valence-corrected chi connectivity index (χ3v) is 5.61. The molecule has 2 aromatic rings. The molecule has 150 valence electrons. The fourth-order valence-corrected chi connectivity index (χ4v) is 4.03. The van der Waals surface area contributed by atoms with Gasteiger partial charge >= 0.3 is 0 Å². The third-order valence-electron chi connectivity index (χ3n) is 4.46. The number of aryl methyl sites for hydroxylation is 2. The second-order valence-corrected chi connectivity index (χ2v) is 8.14. The number of thioether (sulfide) groups is 1. The van der Waals surface area contributed by atoms with Gasteiger partial charge in [-0.15, -0.1) is 10.2 Å². The number of fused-ring (bicyclic) bond motifs is 2. The molecular weight excluding hydrogens is 408 g/mol. The van der Waals surface area contributed by atoms with Crippen LogP contribution in [0.4, 0.5) is 5.69 Å². The van der Waals surface area contributed by atoms with Crippen molar-refractivity contribution in [3.05, 3.63) is 46.2 Å². The number of anilines is 1. The Balaban J connectivity index is 0.000000403. The molecule has 2 aliphatic rings. The highest BCUT2D eigenvalue weighted by atomic mass is 35.7. The van der Waals surface area contributed by atoms with E-state index < -0.39 is 10.2 Å². The predicted octanol–water partition coefficient (Wildman–Crippen LogP) is -1.36. The highest BCUT2D eigenvalue weighted by Crippen LogP contribution is 2.50. The Morgan fingerprint density at radius 2 is 1.57 bits per heavy atom. The van der Waals surface area contributed by atoms with Crippen molar-refractivity contribution in [2.75, 3.05) is 18.7 Å². The van der Waals surface area contributed by atoms with Crippen molar-refractivity contribution in [3.8, 4) is 11.5 Å². The lowest BCUT2D eigenvalue weighted by Gasteiger charge is -2.17. The Kier molecular flexibility index (Phi) is 5.76. The van der Waals surface area contributed by atoms with Gasteiger partial charge in [-0.2, -0.15) is 0 Å². The van der Waals surface area contributed by atoms with Gasteiger partial charge in [0.1, 0.15) is 7.05 Å². The summed E-state index contributed by atoms with van der Waals surface area (Å²) in [6.45, 7) is 4.58. The van der Waals surface area contributed by atoms with Crippen molar-refractivity contribution in [2.24, 2.45) is 7.05 Å². The Hall–Kier alpha value is -2.01. The number of pyridine rings is 1. The quantitative estimate of drug-likeness (QED) is 0.513. The zero-order chi connectivity index (χ0) is 20.6. The maximum atomic E-state index is 8.49. The summed E-state index contributed by atoms with van der Waals surface area (Å²) in [4.78, 5) is 3.41. The number of ether oxygens (including phenoxy) is 2. The van der Waals surface area contributed by atoms with E-state index in [0.29, 0.717) is 6.79 Å². The lowest BCUT2D eigenvalue weighted by Crippen LogP contribution is -2.68. The Labute approximate surface area is 169 Å². The van der Waals surface area contributed by atoms with E-state index in [4.69, 9.17) is 28.1 Å². The average molecular weight is 427 g/mol. The zero-order valence-electron chi connectivity index (χ0n) is 15.7. The van der Waals surface area contributed by atoms with Crippen molar-refractivity contribution in [1.29, 1.82) is 0 Å². The smallest absolute Gasteiger partial charge is 0.231 e. The third kappa shape index (κ3) is 4.69. The summed E-state index contributed by atoms with van der Waals surface area (Å²) in [5.41, 5.74) is 4.89. The van der Waals surface area contributed by atoms with Crippen molar-refractivity contribution >= 4 is 23.5 Å². The standard InChI is InChI=1S/C18H19N2O2S.ClHO4/c1-11-5-13(6-12(2)19(11)3)7-18-20(4)14-8-15-16(22-10-21-15)9-17(14)23-18;2-1(3,4)5/h5-9H,10H2,1-4H3;(H,2,3,4,5)/q+1;/p-1. The van der Waals surface area contributed by atoms with Gasteiger partial charge in [-0.05, 0) is 11.6 Å². The van der Waals surface area contributed by atoms with Crippen LogP contribution in [0.15, 0.2) is 34.2 Å². The van der Waals surface area contributed by atoms with Crippen LogP contribution in [0.25, 0.3) is 6.08 Å². The summed E-state index contributed by atoms with van der Waals surface area (Å²) in [6, 6.07) is 8.56. The van der Waals surface area contributed by atoms with E-state index in [9.17, 15) is 0 Å². The van der Waals surface area contributed by atoms with Crippen LogP contribution in [-0.4, -0.2) is 13.8 Å². The van der Waals surface area contributed by atoms with Crippen LogP contribution in [-0.2, 0) is 7.05 Å². The highest BCUT2D eigenvalue weighted by Gasteiger charge is 2.27. The summed E-state index contributed by atoms with van der Waals surface area (Å²) in [6.07, 6.45) is 2.23. The maximum absolute atomic E-state index is 8.49. The van der Waals surface area contributed by atoms with E-state index in [0.717, 1.165) is 11.5 Å². The number of benzene rings is 1. The van der Waals surface area contributed by atoms with Gasteiger partial charge in [0, 0.05) is 50.1 Å². The summed E-state index contributed by atoms with van der Waals surface area (Å²) in [5, 5.41) is 1.20. The largest absolute Gasteiger partial charge is 0.454 e. The molecule has 3 heterocycles. The van der Waals surface area contributed by atoms with E-state index in [1.54, 1.807) is 11.8 Å². The minimum Gasteiger partial charge on any atom is -0.454 e. The second-order valence-electron chi connectivity index (χ2n) is 6.33. The molecule has 0 aliphatic carbocycles. The van der Waals surface area contributed by atoms with Gasteiger partial charge in [-0.1, -0.05) is 11.8 Å². The van der Waals surface area contributed by atoms with Crippen LogP contribution in [0.2, 0.25) is 0 Å². The molecule has 28 heavy (non-hydrogen) atoms. The molecule has 1 aromatic carbocycles. The zero-order valence-corrected chi connectivity index (χ0v) is 17.3. The lowest BCUT2D eigenvalue weighted by molar-refractivity contribution is -2.00. The topological polar surface area (TPSA) is 118 Å². The van der Waals surface area contributed by atoms with Crippen LogP contribution in [0.1, 0.15) is 17.0 Å². The molecule has 0 unspecified atom stereocenters. The van der Waals surface area contributed by atoms with Crippen LogP contribution in [0, 0.1) is 24.1 Å². The Bertz CT molecular complexity index is 915. The van der Waals surface area contributed by atoms with Gasteiger partial charge in [0.05, 0.1) is 10.7 Å². The minimum atomic E-state index is -4.94. The molecule has 0 fully saturated rings. The highest BCUT2D eigenvalue weighted by molar-refractivity contribution is 8.03. The summed E-state index contributed by atoms with van der Waals surface area (Å²) in [5.74, 6) is 1.67. The normalized spacial score (nSPS) is 16.1. The summed E-state index contributed by atoms with van der Waals surface area (Å²) < 4.78 is 47.1. The fourth-order valence-electron chi connectivity index (χ4n) is 2.90. The van der Waals surface area contributed by atoms with E-state index in [2.05, 4.69) is 67.8 Å². The molecule has 0 saturated carbocycles. The molecule has 4 rings (SSSR count). The van der Waals surface area contributed by atoms with Crippen LogP contribution < -0.4 is 37.6 Å². The molecule has 0 radical (unpaired) electrons.